The fraction of sp³-hybridized carbons (Fsp3) is 0.143. The molecule has 0 atom stereocenters. The zero-order valence-corrected chi connectivity index (χ0v) is 11.9. The van der Waals surface area contributed by atoms with Crippen LogP contribution >= 0.6 is 11.6 Å². The van der Waals surface area contributed by atoms with Crippen LogP contribution in [0.1, 0.15) is 5.56 Å². The molecule has 2 aromatic rings. The monoisotopic (exact) mass is 308 g/mol. The summed E-state index contributed by atoms with van der Waals surface area (Å²) in [5, 5.41) is 24.0. The van der Waals surface area contributed by atoms with Gasteiger partial charge < -0.3 is 15.2 Å². The van der Waals surface area contributed by atoms with Gasteiger partial charge in [0, 0.05) is 12.1 Å². The van der Waals surface area contributed by atoms with Crippen molar-refractivity contribution in [2.24, 2.45) is 0 Å². The number of hydrogen-bond donors (Lipinski definition) is 2. The number of rotatable bonds is 5. The van der Waals surface area contributed by atoms with Crippen molar-refractivity contribution in [3.63, 3.8) is 0 Å². The Morgan fingerprint density at radius 3 is 2.81 bits per heavy atom. The fourth-order valence-electron chi connectivity index (χ4n) is 1.83. The maximum absolute atomic E-state index is 11.1. The number of anilines is 1. The van der Waals surface area contributed by atoms with E-state index in [4.69, 9.17) is 16.3 Å². The lowest BCUT2D eigenvalue weighted by Gasteiger charge is -2.10. The van der Waals surface area contributed by atoms with Gasteiger partial charge in [-0.1, -0.05) is 23.7 Å². The van der Waals surface area contributed by atoms with Gasteiger partial charge in [-0.2, -0.15) is 0 Å². The molecule has 0 radical (unpaired) electrons. The van der Waals surface area contributed by atoms with Crippen molar-refractivity contribution in [3.8, 4) is 11.5 Å². The van der Waals surface area contributed by atoms with Gasteiger partial charge in [0.2, 0.25) is 0 Å². The minimum absolute atomic E-state index is 0.0390. The molecule has 0 amide bonds. The van der Waals surface area contributed by atoms with E-state index in [1.165, 1.54) is 13.2 Å². The predicted octanol–water partition coefficient (Wildman–Crippen LogP) is 3.57. The van der Waals surface area contributed by atoms with Crippen LogP contribution in [0.25, 0.3) is 0 Å². The Labute approximate surface area is 126 Å². The molecule has 0 fully saturated rings. The molecule has 0 aromatic heterocycles. The number of benzene rings is 2. The van der Waals surface area contributed by atoms with Gasteiger partial charge in [-0.15, -0.1) is 0 Å². The molecule has 0 bridgehead atoms. The molecule has 0 aliphatic rings. The van der Waals surface area contributed by atoms with Crippen LogP contribution in [-0.2, 0) is 6.54 Å². The zero-order valence-electron chi connectivity index (χ0n) is 11.2. The molecular weight excluding hydrogens is 296 g/mol. The Kier molecular flexibility index (Phi) is 4.49. The highest BCUT2D eigenvalue weighted by Gasteiger charge is 2.15. The highest BCUT2D eigenvalue weighted by atomic mass is 35.5. The van der Waals surface area contributed by atoms with E-state index >= 15 is 0 Å². The summed E-state index contributed by atoms with van der Waals surface area (Å²) in [7, 11) is 1.44. The molecule has 2 N–H and O–H groups in total. The Morgan fingerprint density at radius 2 is 2.14 bits per heavy atom. The molecule has 0 saturated carbocycles. The highest BCUT2D eigenvalue weighted by Crippen LogP contribution is 2.31. The summed E-state index contributed by atoms with van der Waals surface area (Å²) in [4.78, 5) is 10.6. The number of phenolic OH excluding ortho intramolecular Hbond substituents is 1. The van der Waals surface area contributed by atoms with Gasteiger partial charge in [0.15, 0.2) is 0 Å². The maximum atomic E-state index is 11.1. The van der Waals surface area contributed by atoms with Crippen LogP contribution in [0.5, 0.6) is 11.5 Å². The molecule has 7 heteroatoms. The van der Waals surface area contributed by atoms with Gasteiger partial charge in [0.05, 0.1) is 23.1 Å². The summed E-state index contributed by atoms with van der Waals surface area (Å²) < 4.78 is 4.97. The molecule has 0 heterocycles. The molecule has 6 nitrogen and oxygen atoms in total. The van der Waals surface area contributed by atoms with Crippen molar-refractivity contribution in [3.05, 3.63) is 57.1 Å². The normalized spacial score (nSPS) is 10.2. The average Bonchev–Trinajstić information content (AvgIpc) is 2.48. The van der Waals surface area contributed by atoms with E-state index in [0.29, 0.717) is 17.0 Å². The topological polar surface area (TPSA) is 84.6 Å². The number of nitro benzene ring substituents is 1. The van der Waals surface area contributed by atoms with Gasteiger partial charge in [0.1, 0.15) is 17.2 Å². The van der Waals surface area contributed by atoms with Crippen molar-refractivity contribution in [1.29, 1.82) is 0 Å². The quantitative estimate of drug-likeness (QED) is 0.651. The van der Waals surface area contributed by atoms with Crippen molar-refractivity contribution < 1.29 is 14.8 Å². The smallest absolute Gasteiger partial charge is 0.296 e. The van der Waals surface area contributed by atoms with Crippen LogP contribution in [0.4, 0.5) is 11.4 Å². The van der Waals surface area contributed by atoms with Crippen molar-refractivity contribution in [2.45, 2.75) is 6.54 Å². The van der Waals surface area contributed by atoms with E-state index in [1.54, 1.807) is 30.3 Å². The molecule has 0 spiro atoms. The van der Waals surface area contributed by atoms with E-state index < -0.39 is 4.92 Å². The van der Waals surface area contributed by atoms with E-state index in [2.05, 4.69) is 5.32 Å². The number of nitrogens with zero attached hydrogens (tertiary/aromatic N) is 1. The standard InChI is InChI=1S/C14H13ClN2O4/c1-21-10-5-6-12(13(7-10)17(19)20)16-8-9-3-2-4-11(15)14(9)18/h2-7,16,18H,8H2,1H3. The third kappa shape index (κ3) is 3.35. The van der Waals surface area contributed by atoms with Crippen molar-refractivity contribution in [1.82, 2.24) is 0 Å². The van der Waals surface area contributed by atoms with Gasteiger partial charge in [-0.05, 0) is 18.2 Å². The molecular formula is C14H13ClN2O4. The molecule has 0 aliphatic carbocycles. The summed E-state index contributed by atoms with van der Waals surface area (Å²) in [6, 6.07) is 9.45. The van der Waals surface area contributed by atoms with Crippen molar-refractivity contribution >= 4 is 23.0 Å². The first-order chi connectivity index (χ1) is 10.0. The minimum atomic E-state index is -0.497. The van der Waals surface area contributed by atoms with Crippen LogP contribution < -0.4 is 10.1 Å². The Bertz CT molecular complexity index is 676. The lowest BCUT2D eigenvalue weighted by atomic mass is 10.2. The lowest BCUT2D eigenvalue weighted by molar-refractivity contribution is -0.384. The summed E-state index contributed by atoms with van der Waals surface area (Å²) in [6.45, 7) is 0.208. The predicted molar refractivity (Wildman–Crippen MR) is 80.1 cm³/mol. The van der Waals surface area contributed by atoms with Crippen LogP contribution in [0.2, 0.25) is 5.02 Å². The summed E-state index contributed by atoms with van der Waals surface area (Å²) in [5.74, 6) is 0.362. The first-order valence-corrected chi connectivity index (χ1v) is 6.43. The van der Waals surface area contributed by atoms with Crippen LogP contribution in [0.15, 0.2) is 36.4 Å². The van der Waals surface area contributed by atoms with Crippen LogP contribution in [0.3, 0.4) is 0 Å². The number of methoxy groups -OCH3 is 1. The maximum Gasteiger partial charge on any atom is 0.296 e. The third-order valence-corrected chi connectivity index (χ3v) is 3.25. The zero-order chi connectivity index (χ0) is 15.4. The summed E-state index contributed by atoms with van der Waals surface area (Å²) in [6.07, 6.45) is 0. The first kappa shape index (κ1) is 14.9. The third-order valence-electron chi connectivity index (χ3n) is 2.94. The number of nitrogens with one attached hydrogen (secondary N) is 1. The molecule has 2 aromatic carbocycles. The fourth-order valence-corrected chi connectivity index (χ4v) is 2.03. The Morgan fingerprint density at radius 1 is 1.38 bits per heavy atom. The van der Waals surface area contributed by atoms with Gasteiger partial charge >= 0.3 is 0 Å². The van der Waals surface area contributed by atoms with Crippen LogP contribution in [0, 0.1) is 10.1 Å². The second-order valence-corrected chi connectivity index (χ2v) is 4.65. The number of aromatic hydroxyl groups is 1. The van der Waals surface area contributed by atoms with E-state index in [0.717, 1.165) is 0 Å². The molecule has 110 valence electrons. The summed E-state index contributed by atoms with van der Waals surface area (Å²) in [5.41, 5.74) is 0.781. The van der Waals surface area contributed by atoms with Gasteiger partial charge in [0.25, 0.3) is 5.69 Å². The molecule has 0 aliphatic heterocycles. The molecule has 0 saturated heterocycles. The largest absolute Gasteiger partial charge is 0.506 e. The van der Waals surface area contributed by atoms with Crippen molar-refractivity contribution in [2.75, 3.05) is 12.4 Å². The lowest BCUT2D eigenvalue weighted by Crippen LogP contribution is -2.03. The minimum Gasteiger partial charge on any atom is -0.506 e. The van der Waals surface area contributed by atoms with E-state index in [1.807, 2.05) is 0 Å². The van der Waals surface area contributed by atoms with E-state index in [9.17, 15) is 15.2 Å². The highest BCUT2D eigenvalue weighted by molar-refractivity contribution is 6.32. The number of phenols is 1. The Hall–Kier alpha value is -2.47. The number of para-hydroxylation sites is 1. The number of nitro groups is 1. The molecule has 2 rings (SSSR count). The first-order valence-electron chi connectivity index (χ1n) is 6.05. The molecule has 0 unspecified atom stereocenters. The summed E-state index contributed by atoms with van der Waals surface area (Å²) >= 11 is 5.81. The number of halogens is 1. The number of hydrogen-bond acceptors (Lipinski definition) is 5. The Balaban J connectivity index is 2.23. The number of ether oxygens (including phenoxy) is 1. The van der Waals surface area contributed by atoms with E-state index in [-0.39, 0.29) is 23.0 Å². The van der Waals surface area contributed by atoms with Gasteiger partial charge in [-0.3, -0.25) is 10.1 Å². The molecule has 21 heavy (non-hydrogen) atoms. The second-order valence-electron chi connectivity index (χ2n) is 4.24. The SMILES string of the molecule is COc1ccc(NCc2cccc(Cl)c2O)c([N+](=O)[O-])c1. The van der Waals surface area contributed by atoms with Crippen LogP contribution in [-0.4, -0.2) is 17.1 Å². The second kappa shape index (κ2) is 6.32. The van der Waals surface area contributed by atoms with Gasteiger partial charge in [-0.25, -0.2) is 0 Å². The average molecular weight is 309 g/mol.